The molecule has 0 spiro atoms. The first-order chi connectivity index (χ1) is 28.7. The van der Waals surface area contributed by atoms with Crippen molar-refractivity contribution in [3.8, 4) is 22.3 Å². The molecule has 9 aromatic carbocycles. The molecule has 58 heavy (non-hydrogen) atoms. The quantitative estimate of drug-likeness (QED) is 0.191. The zero-order valence-electron chi connectivity index (χ0n) is 31.2. The summed E-state index contributed by atoms with van der Waals surface area (Å²) in [6.07, 6.45) is -0.375. The smallest absolute Gasteiger partial charge is 0.159 e. The first-order valence-corrected chi connectivity index (χ1v) is 19.6. The first-order valence-electron chi connectivity index (χ1n) is 19.6. The normalized spacial score (nSPS) is 14.4. The highest BCUT2D eigenvalue weighted by molar-refractivity contribution is 6.25. The van der Waals surface area contributed by atoms with Crippen molar-refractivity contribution in [2.24, 2.45) is 9.98 Å². The molecule has 11 aromatic rings. The Balaban J connectivity index is 1.04. The lowest BCUT2D eigenvalue weighted by Crippen LogP contribution is -2.33. The summed E-state index contributed by atoms with van der Waals surface area (Å²) in [6, 6.07) is 65.7. The van der Waals surface area contributed by atoms with E-state index in [1.54, 1.807) is 0 Å². The summed E-state index contributed by atoms with van der Waals surface area (Å²) in [4.78, 5) is 10.6. The number of hydrogen-bond donors (Lipinski definition) is 1. The van der Waals surface area contributed by atoms with Crippen molar-refractivity contribution in [1.82, 2.24) is 5.32 Å². The Morgan fingerprint density at radius 1 is 0.397 bits per heavy atom. The SMILES string of the molecule is c1ccc(-c2ccc(C3=NC(c4ccc5ccccc5c4)NC(c4cccc5oc6cccc(-c7ccc8oc9ccc%10ccccc%10c9c8c7)c6c45)=N3)cc2)cc1. The third kappa shape index (κ3) is 5.25. The molecule has 0 bridgehead atoms. The molecule has 1 aliphatic heterocycles. The molecule has 12 rings (SSSR count). The summed E-state index contributed by atoms with van der Waals surface area (Å²) >= 11 is 0. The summed E-state index contributed by atoms with van der Waals surface area (Å²) < 4.78 is 13.0. The van der Waals surface area contributed by atoms with E-state index in [1.165, 1.54) is 21.7 Å². The van der Waals surface area contributed by atoms with Gasteiger partial charge in [0.15, 0.2) is 5.84 Å². The molecule has 0 fully saturated rings. The van der Waals surface area contributed by atoms with E-state index in [9.17, 15) is 0 Å². The van der Waals surface area contributed by atoms with Crippen LogP contribution in [0.1, 0.15) is 22.9 Å². The van der Waals surface area contributed by atoms with Gasteiger partial charge >= 0.3 is 0 Å². The number of rotatable bonds is 5. The Bertz CT molecular complexity index is 3480. The predicted octanol–water partition coefficient (Wildman–Crippen LogP) is 13.6. The molecule has 272 valence electrons. The molecule has 3 heterocycles. The van der Waals surface area contributed by atoms with Crippen LogP contribution in [0.3, 0.4) is 0 Å². The molecule has 0 amide bonds. The number of amidine groups is 2. The van der Waals surface area contributed by atoms with Crippen LogP contribution in [0.5, 0.6) is 0 Å². The number of nitrogens with one attached hydrogen (secondary N) is 1. The zero-order chi connectivity index (χ0) is 38.2. The third-order valence-electron chi connectivity index (χ3n) is 11.5. The van der Waals surface area contributed by atoms with Crippen molar-refractivity contribution in [1.29, 1.82) is 0 Å². The Morgan fingerprint density at radius 2 is 1.02 bits per heavy atom. The van der Waals surface area contributed by atoms with Crippen molar-refractivity contribution < 1.29 is 8.83 Å². The van der Waals surface area contributed by atoms with E-state index in [-0.39, 0.29) is 6.17 Å². The summed E-state index contributed by atoms with van der Waals surface area (Å²) in [5, 5.41) is 12.7. The van der Waals surface area contributed by atoms with Crippen molar-refractivity contribution in [3.63, 3.8) is 0 Å². The molecule has 0 aliphatic carbocycles. The molecule has 5 heteroatoms. The van der Waals surface area contributed by atoms with Crippen molar-refractivity contribution in [3.05, 3.63) is 205 Å². The van der Waals surface area contributed by atoms with E-state index >= 15 is 0 Å². The molecule has 1 N–H and O–H groups in total. The van der Waals surface area contributed by atoms with Gasteiger partial charge in [-0.05, 0) is 85.8 Å². The fourth-order valence-electron chi connectivity index (χ4n) is 8.73. The second-order valence-corrected chi connectivity index (χ2v) is 14.9. The van der Waals surface area contributed by atoms with E-state index in [0.29, 0.717) is 5.84 Å². The molecule has 2 aromatic heterocycles. The summed E-state index contributed by atoms with van der Waals surface area (Å²) in [5.41, 5.74) is 10.8. The minimum absolute atomic E-state index is 0.375. The average molecular weight is 744 g/mol. The Labute approximate surface area is 333 Å². The van der Waals surface area contributed by atoms with Crippen LogP contribution in [0.4, 0.5) is 0 Å². The van der Waals surface area contributed by atoms with E-state index < -0.39 is 0 Å². The van der Waals surface area contributed by atoms with Crippen molar-refractivity contribution in [2.45, 2.75) is 6.17 Å². The van der Waals surface area contributed by atoms with Crippen LogP contribution in [0.15, 0.2) is 207 Å². The molecule has 1 aliphatic rings. The fraction of sp³-hybridized carbons (Fsp3) is 0.0189. The van der Waals surface area contributed by atoms with Crippen molar-refractivity contribution in [2.75, 3.05) is 0 Å². The van der Waals surface area contributed by atoms with Gasteiger partial charge in [0.1, 0.15) is 34.3 Å². The minimum atomic E-state index is -0.375. The standard InChI is InChI=1S/C53H33N3O2/c1-2-10-32(11-3-1)34-20-23-36(24-21-34)51-54-52(39-25-22-33-12-4-5-14-37(33)30-39)56-53(55-51)42-17-9-19-46-50(42)49-41(16-8-18-45(49)58-46)38-27-28-44-43(31-38)48-40-15-7-6-13-35(40)26-29-47(48)57-44/h1-31,52H,(H,54,55,56). The zero-order valence-corrected chi connectivity index (χ0v) is 31.2. The van der Waals surface area contributed by atoms with Gasteiger partial charge < -0.3 is 14.2 Å². The number of furan rings is 2. The lowest BCUT2D eigenvalue weighted by atomic mass is 9.95. The van der Waals surface area contributed by atoms with E-state index in [4.69, 9.17) is 18.8 Å². The van der Waals surface area contributed by atoms with E-state index in [1.807, 2.05) is 18.2 Å². The van der Waals surface area contributed by atoms with Crippen LogP contribution in [-0.4, -0.2) is 11.7 Å². The summed E-state index contributed by atoms with van der Waals surface area (Å²) in [7, 11) is 0. The lowest BCUT2D eigenvalue weighted by Gasteiger charge is -2.24. The van der Waals surface area contributed by atoms with Crippen LogP contribution >= 0.6 is 0 Å². The largest absolute Gasteiger partial charge is 0.456 e. The van der Waals surface area contributed by atoms with Gasteiger partial charge in [0.25, 0.3) is 0 Å². The molecular weight excluding hydrogens is 711 g/mol. The highest BCUT2D eigenvalue weighted by Gasteiger charge is 2.25. The maximum Gasteiger partial charge on any atom is 0.159 e. The second kappa shape index (κ2) is 12.9. The van der Waals surface area contributed by atoms with Gasteiger partial charge in [-0.15, -0.1) is 0 Å². The number of fused-ring (bicyclic) bond motifs is 9. The minimum Gasteiger partial charge on any atom is -0.456 e. The number of hydrogen-bond acceptors (Lipinski definition) is 5. The van der Waals surface area contributed by atoms with Gasteiger partial charge in [-0.3, -0.25) is 0 Å². The topological polar surface area (TPSA) is 63.0 Å². The van der Waals surface area contributed by atoms with Gasteiger partial charge in [-0.25, -0.2) is 9.98 Å². The second-order valence-electron chi connectivity index (χ2n) is 14.9. The van der Waals surface area contributed by atoms with Gasteiger partial charge in [0.05, 0.1) is 0 Å². The van der Waals surface area contributed by atoms with Gasteiger partial charge in [0, 0.05) is 32.7 Å². The number of nitrogens with zero attached hydrogens (tertiary/aromatic N) is 2. The molecule has 5 nitrogen and oxygen atoms in total. The van der Waals surface area contributed by atoms with Gasteiger partial charge in [-0.1, -0.05) is 152 Å². The fourth-order valence-corrected chi connectivity index (χ4v) is 8.73. The van der Waals surface area contributed by atoms with Crippen LogP contribution in [-0.2, 0) is 0 Å². The Kier molecular flexibility index (Phi) is 7.23. The van der Waals surface area contributed by atoms with Gasteiger partial charge in [0.2, 0.25) is 0 Å². The molecule has 1 unspecified atom stereocenters. The molecule has 0 saturated heterocycles. The van der Waals surface area contributed by atoms with E-state index in [0.717, 1.165) is 88.5 Å². The average Bonchev–Trinajstić information content (AvgIpc) is 3.88. The maximum atomic E-state index is 6.64. The molecule has 0 saturated carbocycles. The molecule has 1 atom stereocenters. The lowest BCUT2D eigenvalue weighted by molar-refractivity contribution is 0.668. The van der Waals surface area contributed by atoms with Crippen LogP contribution in [0.2, 0.25) is 0 Å². The third-order valence-corrected chi connectivity index (χ3v) is 11.5. The monoisotopic (exact) mass is 743 g/mol. The van der Waals surface area contributed by atoms with Crippen molar-refractivity contribution >= 4 is 77.1 Å². The first kappa shape index (κ1) is 32.5. The summed E-state index contributed by atoms with van der Waals surface area (Å²) in [5.74, 6) is 1.40. The Hall–Kier alpha value is -7.76. The highest BCUT2D eigenvalue weighted by Crippen LogP contribution is 2.42. The molecule has 0 radical (unpaired) electrons. The van der Waals surface area contributed by atoms with Crippen LogP contribution in [0.25, 0.3) is 87.7 Å². The highest BCUT2D eigenvalue weighted by atomic mass is 16.3. The Morgan fingerprint density at radius 3 is 1.86 bits per heavy atom. The predicted molar refractivity (Wildman–Crippen MR) is 239 cm³/mol. The number of aliphatic imine (C=N–C) groups is 2. The maximum absolute atomic E-state index is 6.64. The summed E-state index contributed by atoms with van der Waals surface area (Å²) in [6.45, 7) is 0. The number of benzene rings is 9. The van der Waals surface area contributed by atoms with Gasteiger partial charge in [-0.2, -0.15) is 0 Å². The van der Waals surface area contributed by atoms with Crippen LogP contribution < -0.4 is 5.32 Å². The molecular formula is C53H33N3O2. The van der Waals surface area contributed by atoms with E-state index in [2.05, 4.69) is 175 Å². The van der Waals surface area contributed by atoms with Crippen LogP contribution in [0, 0.1) is 0 Å².